The van der Waals surface area contributed by atoms with Gasteiger partial charge in [0.15, 0.2) is 0 Å². The number of hydrogen-bond acceptors (Lipinski definition) is 4. The molecule has 6 heteroatoms. The number of methoxy groups -OCH3 is 1. The van der Waals surface area contributed by atoms with Crippen molar-refractivity contribution in [2.75, 3.05) is 33.9 Å². The van der Waals surface area contributed by atoms with Gasteiger partial charge in [-0.05, 0) is 25.2 Å². The number of nitrogens with zero attached hydrogens (tertiary/aromatic N) is 1. The maximum absolute atomic E-state index is 12.4. The molecule has 0 aromatic carbocycles. The Balaban J connectivity index is 2.43. The van der Waals surface area contributed by atoms with Crippen LogP contribution in [0.5, 0.6) is 0 Å². The summed E-state index contributed by atoms with van der Waals surface area (Å²) in [4.78, 5) is 25.6. The van der Waals surface area contributed by atoms with Crippen molar-refractivity contribution in [1.29, 1.82) is 0 Å². The minimum atomic E-state index is -0.161. The van der Waals surface area contributed by atoms with E-state index in [2.05, 4.69) is 12.2 Å². The molecule has 3 N–H and O–H groups in total. The van der Waals surface area contributed by atoms with Crippen molar-refractivity contribution in [1.82, 2.24) is 10.2 Å². The summed E-state index contributed by atoms with van der Waals surface area (Å²) in [6.45, 7) is 3.10. The third-order valence-electron chi connectivity index (χ3n) is 3.94. The minimum absolute atomic E-state index is 0.0227. The highest BCUT2D eigenvalue weighted by Gasteiger charge is 2.33. The van der Waals surface area contributed by atoms with Gasteiger partial charge >= 0.3 is 0 Å². The summed E-state index contributed by atoms with van der Waals surface area (Å²) in [7, 11) is 3.25. The molecule has 1 fully saturated rings. The maximum atomic E-state index is 12.4. The van der Waals surface area contributed by atoms with Crippen LogP contribution in [0.3, 0.4) is 0 Å². The van der Waals surface area contributed by atoms with Crippen molar-refractivity contribution in [3.63, 3.8) is 0 Å². The molecule has 0 bridgehead atoms. The third-order valence-corrected chi connectivity index (χ3v) is 3.94. The molecule has 0 aromatic heterocycles. The van der Waals surface area contributed by atoms with Gasteiger partial charge in [-0.15, -0.1) is 0 Å². The summed E-state index contributed by atoms with van der Waals surface area (Å²) in [5.74, 6) is 0.136. The van der Waals surface area contributed by atoms with Crippen molar-refractivity contribution in [2.45, 2.75) is 32.2 Å². The van der Waals surface area contributed by atoms with Gasteiger partial charge in [0.1, 0.15) is 0 Å². The number of nitrogens with two attached hydrogens (primary N) is 1. The molecule has 0 aliphatic heterocycles. The van der Waals surface area contributed by atoms with Gasteiger partial charge in [0.05, 0.1) is 13.2 Å². The number of likely N-dealkylation sites (N-methyl/N-ethyl adjacent to an activating group) is 1. The summed E-state index contributed by atoms with van der Waals surface area (Å²) < 4.78 is 4.86. The highest BCUT2D eigenvalue weighted by atomic mass is 16.5. The molecule has 0 radical (unpaired) electrons. The van der Waals surface area contributed by atoms with E-state index >= 15 is 0 Å². The third kappa shape index (κ3) is 5.09. The van der Waals surface area contributed by atoms with Crippen LogP contribution in [0.1, 0.15) is 26.2 Å². The Bertz CT molecular complexity index is 336. The van der Waals surface area contributed by atoms with E-state index in [1.807, 2.05) is 0 Å². The van der Waals surface area contributed by atoms with E-state index in [4.69, 9.17) is 10.5 Å². The summed E-state index contributed by atoms with van der Waals surface area (Å²) in [5.41, 5.74) is 5.94. The topological polar surface area (TPSA) is 84.7 Å². The molecule has 2 amide bonds. The lowest BCUT2D eigenvalue weighted by Crippen LogP contribution is -2.45. The van der Waals surface area contributed by atoms with Gasteiger partial charge in [-0.25, -0.2) is 0 Å². The molecule has 1 aliphatic carbocycles. The van der Waals surface area contributed by atoms with Crippen LogP contribution in [0.15, 0.2) is 0 Å². The predicted molar refractivity (Wildman–Crippen MR) is 77.0 cm³/mol. The average Bonchev–Trinajstić information content (AvgIpc) is 2.41. The first kappa shape index (κ1) is 16.9. The van der Waals surface area contributed by atoms with Crippen LogP contribution in [0.25, 0.3) is 0 Å². The fraction of sp³-hybridized carbons (Fsp3) is 0.857. The van der Waals surface area contributed by atoms with Gasteiger partial charge in [-0.3, -0.25) is 9.59 Å². The molecular formula is C14H27N3O3. The van der Waals surface area contributed by atoms with Gasteiger partial charge in [0.2, 0.25) is 11.8 Å². The Morgan fingerprint density at radius 2 is 2.10 bits per heavy atom. The monoisotopic (exact) mass is 285 g/mol. The Hall–Kier alpha value is -1.14. The van der Waals surface area contributed by atoms with E-state index in [0.29, 0.717) is 19.1 Å². The number of carbonyl (C=O) groups excluding carboxylic acids is 2. The lowest BCUT2D eigenvalue weighted by molar-refractivity contribution is -0.140. The van der Waals surface area contributed by atoms with E-state index in [1.54, 1.807) is 14.2 Å². The smallest absolute Gasteiger partial charge is 0.239 e. The molecular weight excluding hydrogens is 258 g/mol. The predicted octanol–water partition coefficient (Wildman–Crippen LogP) is -0.0291. The zero-order valence-electron chi connectivity index (χ0n) is 12.7. The summed E-state index contributed by atoms with van der Waals surface area (Å²) in [6, 6.07) is 0.101. The molecule has 0 aromatic rings. The van der Waals surface area contributed by atoms with Crippen LogP contribution in [0.2, 0.25) is 0 Å². The van der Waals surface area contributed by atoms with Gasteiger partial charge in [-0.2, -0.15) is 0 Å². The van der Waals surface area contributed by atoms with E-state index < -0.39 is 0 Å². The zero-order chi connectivity index (χ0) is 15.1. The number of rotatable bonds is 6. The molecule has 1 saturated carbocycles. The fourth-order valence-corrected chi connectivity index (χ4v) is 2.62. The maximum Gasteiger partial charge on any atom is 0.239 e. The zero-order valence-corrected chi connectivity index (χ0v) is 12.7. The van der Waals surface area contributed by atoms with Crippen molar-refractivity contribution < 1.29 is 14.3 Å². The summed E-state index contributed by atoms with van der Waals surface area (Å²) >= 11 is 0. The van der Waals surface area contributed by atoms with Crippen LogP contribution in [-0.4, -0.2) is 56.6 Å². The van der Waals surface area contributed by atoms with E-state index in [-0.39, 0.29) is 30.3 Å². The van der Waals surface area contributed by atoms with Crippen LogP contribution in [0, 0.1) is 11.8 Å². The molecule has 0 spiro atoms. The lowest BCUT2D eigenvalue weighted by atomic mass is 9.77. The van der Waals surface area contributed by atoms with Gasteiger partial charge in [0, 0.05) is 32.7 Å². The van der Waals surface area contributed by atoms with E-state index in [0.717, 1.165) is 19.3 Å². The molecule has 0 saturated heterocycles. The second kappa shape index (κ2) is 8.21. The van der Waals surface area contributed by atoms with Crippen LogP contribution in [-0.2, 0) is 14.3 Å². The number of nitrogens with one attached hydrogen (secondary N) is 1. The molecule has 1 rings (SSSR count). The highest BCUT2D eigenvalue weighted by molar-refractivity contribution is 5.85. The number of ether oxygens (including phenoxy) is 1. The largest absolute Gasteiger partial charge is 0.383 e. The molecule has 0 heterocycles. The minimum Gasteiger partial charge on any atom is -0.383 e. The first-order valence-corrected chi connectivity index (χ1v) is 7.22. The summed E-state index contributed by atoms with van der Waals surface area (Å²) in [5, 5.41) is 2.71. The van der Waals surface area contributed by atoms with Crippen molar-refractivity contribution in [3.8, 4) is 0 Å². The van der Waals surface area contributed by atoms with E-state index in [1.165, 1.54) is 4.90 Å². The molecule has 20 heavy (non-hydrogen) atoms. The number of amides is 2. The first-order chi connectivity index (χ1) is 9.45. The Kier molecular flexibility index (Phi) is 6.95. The normalized spacial score (nSPS) is 26.1. The lowest BCUT2D eigenvalue weighted by Gasteiger charge is -2.34. The van der Waals surface area contributed by atoms with Crippen molar-refractivity contribution in [2.24, 2.45) is 17.6 Å². The molecule has 3 unspecified atom stereocenters. The van der Waals surface area contributed by atoms with E-state index in [9.17, 15) is 9.59 Å². The van der Waals surface area contributed by atoms with Gasteiger partial charge < -0.3 is 20.7 Å². The summed E-state index contributed by atoms with van der Waals surface area (Å²) in [6.07, 6.45) is 2.67. The first-order valence-electron chi connectivity index (χ1n) is 7.22. The van der Waals surface area contributed by atoms with Gasteiger partial charge in [0.25, 0.3) is 0 Å². The van der Waals surface area contributed by atoms with Gasteiger partial charge in [-0.1, -0.05) is 6.92 Å². The van der Waals surface area contributed by atoms with Crippen molar-refractivity contribution >= 4 is 11.8 Å². The number of hydrogen-bond donors (Lipinski definition) is 2. The standard InChI is InChI=1S/C14H27N3O3/c1-10-4-5-11(15)8-12(10)14(19)17(2)9-13(18)16-6-7-20-3/h10-12H,4-9,15H2,1-3H3,(H,16,18). The quantitative estimate of drug-likeness (QED) is 0.671. The number of carbonyl (C=O) groups is 2. The molecule has 116 valence electrons. The molecule has 6 nitrogen and oxygen atoms in total. The second-order valence-electron chi connectivity index (χ2n) is 5.69. The van der Waals surface area contributed by atoms with Crippen LogP contribution < -0.4 is 11.1 Å². The second-order valence-corrected chi connectivity index (χ2v) is 5.69. The molecule has 1 aliphatic rings. The highest BCUT2D eigenvalue weighted by Crippen LogP contribution is 2.30. The average molecular weight is 285 g/mol. The Morgan fingerprint density at radius 1 is 1.40 bits per heavy atom. The van der Waals surface area contributed by atoms with Crippen molar-refractivity contribution in [3.05, 3.63) is 0 Å². The van der Waals surface area contributed by atoms with Crippen LogP contribution >= 0.6 is 0 Å². The Labute approximate surface area is 121 Å². The van der Waals surface area contributed by atoms with Crippen LogP contribution in [0.4, 0.5) is 0 Å². The SMILES string of the molecule is COCCNC(=O)CN(C)C(=O)C1CC(N)CCC1C. The Morgan fingerprint density at radius 3 is 2.75 bits per heavy atom. The fourth-order valence-electron chi connectivity index (χ4n) is 2.62. The molecule has 3 atom stereocenters.